The zero-order valence-electron chi connectivity index (χ0n) is 15.6. The number of amides is 2. The molecular formula is C21H24N2O3. The molecule has 5 heteroatoms. The fourth-order valence-corrected chi connectivity index (χ4v) is 2.98. The molecule has 0 saturated heterocycles. The Kier molecular flexibility index (Phi) is 4.98. The van der Waals surface area contributed by atoms with Crippen LogP contribution in [0.25, 0.3) is 0 Å². The van der Waals surface area contributed by atoms with Gasteiger partial charge in [-0.1, -0.05) is 32.0 Å². The van der Waals surface area contributed by atoms with E-state index in [-0.39, 0.29) is 18.4 Å². The number of ether oxygens (including phenoxy) is 1. The Morgan fingerprint density at radius 1 is 1.19 bits per heavy atom. The normalized spacial score (nSPS) is 16.3. The summed E-state index contributed by atoms with van der Waals surface area (Å²) in [5.41, 5.74) is 3.57. The molecule has 0 aliphatic carbocycles. The molecule has 0 bridgehead atoms. The van der Waals surface area contributed by atoms with E-state index in [0.29, 0.717) is 17.4 Å². The molecule has 0 spiro atoms. The summed E-state index contributed by atoms with van der Waals surface area (Å²) in [6, 6.07) is 13.4. The SMILES string of the molecule is Cc1ccc2c(c1)N(CC(=O)Nc1ccc(C(C)C)cc1)C(=O)C(C)O2. The molecule has 1 aliphatic heterocycles. The van der Waals surface area contributed by atoms with Gasteiger partial charge < -0.3 is 10.1 Å². The minimum absolute atomic E-state index is 0.0467. The molecule has 1 heterocycles. The molecule has 1 atom stereocenters. The number of fused-ring (bicyclic) bond motifs is 1. The molecule has 0 radical (unpaired) electrons. The average Bonchev–Trinajstić information content (AvgIpc) is 2.60. The van der Waals surface area contributed by atoms with Crippen LogP contribution in [0.2, 0.25) is 0 Å². The van der Waals surface area contributed by atoms with Crippen LogP contribution in [0, 0.1) is 6.92 Å². The first-order valence-electron chi connectivity index (χ1n) is 8.83. The van der Waals surface area contributed by atoms with Crippen molar-refractivity contribution in [2.24, 2.45) is 0 Å². The number of carbonyl (C=O) groups is 2. The topological polar surface area (TPSA) is 58.6 Å². The summed E-state index contributed by atoms with van der Waals surface area (Å²) in [6.07, 6.45) is -0.608. The molecule has 1 aliphatic rings. The van der Waals surface area contributed by atoms with Crippen molar-refractivity contribution in [1.82, 2.24) is 0 Å². The van der Waals surface area contributed by atoms with Gasteiger partial charge in [0.25, 0.3) is 5.91 Å². The molecule has 1 N–H and O–H groups in total. The molecule has 2 aromatic rings. The lowest BCUT2D eigenvalue weighted by Crippen LogP contribution is -2.47. The highest BCUT2D eigenvalue weighted by Gasteiger charge is 2.32. The Bertz CT molecular complexity index is 828. The van der Waals surface area contributed by atoms with E-state index < -0.39 is 6.10 Å². The van der Waals surface area contributed by atoms with Crippen molar-refractivity contribution in [1.29, 1.82) is 0 Å². The maximum atomic E-state index is 12.5. The zero-order chi connectivity index (χ0) is 18.8. The zero-order valence-corrected chi connectivity index (χ0v) is 15.6. The number of nitrogens with one attached hydrogen (secondary N) is 1. The Labute approximate surface area is 154 Å². The number of hydrogen-bond donors (Lipinski definition) is 1. The smallest absolute Gasteiger partial charge is 0.268 e. The van der Waals surface area contributed by atoms with Gasteiger partial charge in [0, 0.05) is 5.69 Å². The summed E-state index contributed by atoms with van der Waals surface area (Å²) in [5, 5.41) is 2.86. The number of benzene rings is 2. The first-order chi connectivity index (χ1) is 12.3. The van der Waals surface area contributed by atoms with E-state index in [1.165, 1.54) is 10.5 Å². The third-order valence-corrected chi connectivity index (χ3v) is 4.49. The molecule has 2 aromatic carbocycles. The quantitative estimate of drug-likeness (QED) is 0.909. The number of carbonyl (C=O) groups excluding carboxylic acids is 2. The Balaban J connectivity index is 1.76. The van der Waals surface area contributed by atoms with Gasteiger partial charge in [0.05, 0.1) is 5.69 Å². The minimum atomic E-state index is -0.608. The summed E-state index contributed by atoms with van der Waals surface area (Å²) in [6.45, 7) is 7.84. The summed E-state index contributed by atoms with van der Waals surface area (Å²) < 4.78 is 5.64. The van der Waals surface area contributed by atoms with E-state index in [2.05, 4.69) is 19.2 Å². The number of anilines is 2. The van der Waals surface area contributed by atoms with E-state index >= 15 is 0 Å². The number of hydrogen-bond acceptors (Lipinski definition) is 3. The van der Waals surface area contributed by atoms with Crippen molar-refractivity contribution in [2.45, 2.75) is 39.7 Å². The van der Waals surface area contributed by atoms with Gasteiger partial charge in [-0.25, -0.2) is 0 Å². The second kappa shape index (κ2) is 7.20. The van der Waals surface area contributed by atoms with Gasteiger partial charge in [0.1, 0.15) is 12.3 Å². The van der Waals surface area contributed by atoms with Crippen molar-refractivity contribution in [2.75, 3.05) is 16.8 Å². The highest BCUT2D eigenvalue weighted by Crippen LogP contribution is 2.34. The molecule has 0 fully saturated rings. The fourth-order valence-electron chi connectivity index (χ4n) is 2.98. The first kappa shape index (κ1) is 18.0. The number of rotatable bonds is 4. The van der Waals surface area contributed by atoms with Gasteiger partial charge in [-0.15, -0.1) is 0 Å². The lowest BCUT2D eigenvalue weighted by Gasteiger charge is -2.32. The highest BCUT2D eigenvalue weighted by molar-refractivity contribution is 6.06. The van der Waals surface area contributed by atoms with Crippen molar-refractivity contribution < 1.29 is 14.3 Å². The second-order valence-corrected chi connectivity index (χ2v) is 6.98. The van der Waals surface area contributed by atoms with Gasteiger partial charge >= 0.3 is 0 Å². The van der Waals surface area contributed by atoms with Crippen LogP contribution in [-0.4, -0.2) is 24.5 Å². The summed E-state index contributed by atoms with van der Waals surface area (Å²) in [7, 11) is 0. The Hall–Kier alpha value is -2.82. The molecule has 0 saturated carbocycles. The van der Waals surface area contributed by atoms with Crippen LogP contribution in [0.3, 0.4) is 0 Å². The molecular weight excluding hydrogens is 328 g/mol. The largest absolute Gasteiger partial charge is 0.479 e. The van der Waals surface area contributed by atoms with Crippen molar-refractivity contribution >= 4 is 23.2 Å². The number of nitrogens with zero attached hydrogens (tertiary/aromatic N) is 1. The minimum Gasteiger partial charge on any atom is -0.479 e. The first-order valence-corrected chi connectivity index (χ1v) is 8.83. The molecule has 26 heavy (non-hydrogen) atoms. The van der Waals surface area contributed by atoms with E-state index in [1.807, 2.05) is 49.4 Å². The predicted octanol–water partition coefficient (Wildman–Crippen LogP) is 3.87. The van der Waals surface area contributed by atoms with Crippen LogP contribution in [-0.2, 0) is 9.59 Å². The maximum absolute atomic E-state index is 12.5. The molecule has 3 rings (SSSR count). The van der Waals surface area contributed by atoms with Crippen LogP contribution in [0.5, 0.6) is 5.75 Å². The van der Waals surface area contributed by atoms with E-state index in [1.54, 1.807) is 6.92 Å². The lowest BCUT2D eigenvalue weighted by molar-refractivity contribution is -0.127. The molecule has 1 unspecified atom stereocenters. The van der Waals surface area contributed by atoms with E-state index in [9.17, 15) is 9.59 Å². The third kappa shape index (κ3) is 3.72. The Morgan fingerprint density at radius 3 is 2.54 bits per heavy atom. The molecule has 5 nitrogen and oxygen atoms in total. The average molecular weight is 352 g/mol. The van der Waals surface area contributed by atoms with Crippen LogP contribution in [0.15, 0.2) is 42.5 Å². The fraction of sp³-hybridized carbons (Fsp3) is 0.333. The van der Waals surface area contributed by atoms with E-state index in [0.717, 1.165) is 11.3 Å². The third-order valence-electron chi connectivity index (χ3n) is 4.49. The van der Waals surface area contributed by atoms with Crippen LogP contribution < -0.4 is 15.0 Å². The predicted molar refractivity (Wildman–Crippen MR) is 103 cm³/mol. The van der Waals surface area contributed by atoms with Crippen LogP contribution >= 0.6 is 0 Å². The van der Waals surface area contributed by atoms with Gasteiger partial charge in [0.15, 0.2) is 6.10 Å². The number of aryl methyl sites for hydroxylation is 1. The molecule has 2 amide bonds. The second-order valence-electron chi connectivity index (χ2n) is 6.98. The van der Waals surface area contributed by atoms with Crippen molar-refractivity contribution in [3.63, 3.8) is 0 Å². The maximum Gasteiger partial charge on any atom is 0.268 e. The lowest BCUT2D eigenvalue weighted by atomic mass is 10.0. The summed E-state index contributed by atoms with van der Waals surface area (Å²) in [4.78, 5) is 26.5. The molecule has 136 valence electrons. The monoisotopic (exact) mass is 352 g/mol. The Morgan fingerprint density at radius 2 is 1.88 bits per heavy atom. The highest BCUT2D eigenvalue weighted by atomic mass is 16.5. The van der Waals surface area contributed by atoms with Gasteiger partial charge in [-0.05, 0) is 55.2 Å². The summed E-state index contributed by atoms with van der Waals surface area (Å²) in [5.74, 6) is 0.606. The summed E-state index contributed by atoms with van der Waals surface area (Å²) >= 11 is 0. The standard InChI is InChI=1S/C21H24N2O3/c1-13(2)16-6-8-17(9-7-16)22-20(24)12-23-18-11-14(3)5-10-19(18)26-15(4)21(23)25/h5-11,13,15H,12H2,1-4H3,(H,22,24). The van der Waals surface area contributed by atoms with Crippen LogP contribution in [0.4, 0.5) is 11.4 Å². The van der Waals surface area contributed by atoms with Crippen LogP contribution in [0.1, 0.15) is 37.8 Å². The van der Waals surface area contributed by atoms with Gasteiger partial charge in [0.2, 0.25) is 5.91 Å². The van der Waals surface area contributed by atoms with Crippen molar-refractivity contribution in [3.8, 4) is 5.75 Å². The van der Waals surface area contributed by atoms with Gasteiger partial charge in [-0.2, -0.15) is 0 Å². The van der Waals surface area contributed by atoms with E-state index in [4.69, 9.17) is 4.74 Å². The molecule has 0 aromatic heterocycles. The van der Waals surface area contributed by atoms with Gasteiger partial charge in [-0.3, -0.25) is 14.5 Å². The van der Waals surface area contributed by atoms with Crippen molar-refractivity contribution in [3.05, 3.63) is 53.6 Å².